The number of halogens is 1. The van der Waals surface area contributed by atoms with Crippen molar-refractivity contribution in [2.75, 3.05) is 43.4 Å². The Morgan fingerprint density at radius 1 is 1.19 bits per heavy atom. The standard InChI is InChI=1S/C19H22FN5O2/c1-11-4-3-5-12(16(11)20)13-10-14(26)21-17-15(13)18(27)23-19(22-17)25-8-6-24(2)7-9-25/h3-5,13H,6-10H2,1-2H3,(H2,21,22,23,26,27). The number of rotatable bonds is 2. The molecule has 0 radical (unpaired) electrons. The summed E-state index contributed by atoms with van der Waals surface area (Å²) >= 11 is 0. The lowest BCUT2D eigenvalue weighted by Crippen LogP contribution is -2.46. The van der Waals surface area contributed by atoms with Gasteiger partial charge < -0.3 is 15.1 Å². The van der Waals surface area contributed by atoms with Crippen molar-refractivity contribution in [2.24, 2.45) is 0 Å². The number of aryl methyl sites for hydroxylation is 1. The first kappa shape index (κ1) is 17.7. The van der Waals surface area contributed by atoms with Crippen LogP contribution >= 0.6 is 0 Å². The van der Waals surface area contributed by atoms with Crippen LogP contribution in [0.15, 0.2) is 23.0 Å². The topological polar surface area (TPSA) is 81.3 Å². The fourth-order valence-electron chi connectivity index (χ4n) is 3.73. The molecule has 1 atom stereocenters. The Bertz CT molecular complexity index is 950. The molecule has 1 aromatic carbocycles. The van der Waals surface area contributed by atoms with Gasteiger partial charge in [0.15, 0.2) is 0 Å². The van der Waals surface area contributed by atoms with Gasteiger partial charge in [0.1, 0.15) is 11.6 Å². The lowest BCUT2D eigenvalue weighted by atomic mass is 9.86. The predicted molar refractivity (Wildman–Crippen MR) is 101 cm³/mol. The average Bonchev–Trinajstić information content (AvgIpc) is 2.63. The number of likely N-dealkylation sites (N-methyl/N-ethyl adjacent to an activating group) is 1. The van der Waals surface area contributed by atoms with Crippen molar-refractivity contribution in [1.82, 2.24) is 14.9 Å². The molecule has 1 aromatic heterocycles. The maximum Gasteiger partial charge on any atom is 0.258 e. The molecule has 0 saturated carbocycles. The minimum Gasteiger partial charge on any atom is -0.340 e. The third-order valence-electron chi connectivity index (χ3n) is 5.34. The van der Waals surface area contributed by atoms with Gasteiger partial charge in [-0.1, -0.05) is 18.2 Å². The van der Waals surface area contributed by atoms with Crippen LogP contribution in [0, 0.1) is 12.7 Å². The summed E-state index contributed by atoms with van der Waals surface area (Å²) in [6.07, 6.45) is 0.0198. The second-order valence-electron chi connectivity index (χ2n) is 7.23. The van der Waals surface area contributed by atoms with Gasteiger partial charge in [-0.05, 0) is 25.1 Å². The van der Waals surface area contributed by atoms with Gasteiger partial charge in [0.25, 0.3) is 5.56 Å². The number of nitrogens with one attached hydrogen (secondary N) is 2. The average molecular weight is 371 g/mol. The minimum atomic E-state index is -0.647. The number of aromatic amines is 1. The van der Waals surface area contributed by atoms with Gasteiger partial charge in [-0.2, -0.15) is 4.98 Å². The number of piperazine rings is 1. The van der Waals surface area contributed by atoms with E-state index in [1.165, 1.54) is 0 Å². The van der Waals surface area contributed by atoms with Gasteiger partial charge in [0.2, 0.25) is 11.9 Å². The van der Waals surface area contributed by atoms with Crippen LogP contribution in [0.2, 0.25) is 0 Å². The summed E-state index contributed by atoms with van der Waals surface area (Å²) in [6, 6.07) is 5.03. The molecule has 1 amide bonds. The van der Waals surface area contributed by atoms with Crippen molar-refractivity contribution in [3.8, 4) is 0 Å². The zero-order valence-corrected chi connectivity index (χ0v) is 15.4. The Balaban J connectivity index is 1.77. The van der Waals surface area contributed by atoms with Gasteiger partial charge in [0, 0.05) is 38.5 Å². The van der Waals surface area contributed by atoms with Crippen molar-refractivity contribution < 1.29 is 9.18 Å². The summed E-state index contributed by atoms with van der Waals surface area (Å²) in [4.78, 5) is 36.6. The van der Waals surface area contributed by atoms with Crippen LogP contribution in [0.25, 0.3) is 0 Å². The highest BCUT2D eigenvalue weighted by molar-refractivity contribution is 5.94. The first-order chi connectivity index (χ1) is 12.9. The summed E-state index contributed by atoms with van der Waals surface area (Å²) in [7, 11) is 2.04. The summed E-state index contributed by atoms with van der Waals surface area (Å²) in [5.74, 6) is -0.625. The number of amides is 1. The molecule has 1 fully saturated rings. The van der Waals surface area contributed by atoms with E-state index < -0.39 is 5.92 Å². The molecule has 2 aliphatic heterocycles. The molecule has 0 bridgehead atoms. The monoisotopic (exact) mass is 371 g/mol. The smallest absolute Gasteiger partial charge is 0.258 e. The second-order valence-corrected chi connectivity index (χ2v) is 7.23. The van der Waals surface area contributed by atoms with Gasteiger partial charge in [-0.3, -0.25) is 14.6 Å². The molecule has 1 unspecified atom stereocenters. The van der Waals surface area contributed by atoms with Crippen LogP contribution in [0.5, 0.6) is 0 Å². The molecule has 8 heteroatoms. The van der Waals surface area contributed by atoms with Crippen molar-refractivity contribution in [1.29, 1.82) is 0 Å². The summed E-state index contributed by atoms with van der Waals surface area (Å²) < 4.78 is 14.7. The van der Waals surface area contributed by atoms with Crippen molar-refractivity contribution in [3.63, 3.8) is 0 Å². The zero-order valence-electron chi connectivity index (χ0n) is 15.4. The molecule has 7 nitrogen and oxygen atoms in total. The number of nitrogens with zero attached hydrogens (tertiary/aromatic N) is 3. The third-order valence-corrected chi connectivity index (χ3v) is 5.34. The van der Waals surface area contributed by atoms with E-state index >= 15 is 0 Å². The highest BCUT2D eigenvalue weighted by Gasteiger charge is 2.33. The SMILES string of the molecule is Cc1cccc(C2CC(=O)Nc3nc(N4CCN(C)CC4)[nH]c(=O)c32)c1F. The molecule has 2 aliphatic rings. The fourth-order valence-corrected chi connectivity index (χ4v) is 3.73. The quantitative estimate of drug-likeness (QED) is 0.835. The van der Waals surface area contributed by atoms with Gasteiger partial charge in [-0.15, -0.1) is 0 Å². The molecule has 27 heavy (non-hydrogen) atoms. The highest BCUT2D eigenvalue weighted by atomic mass is 19.1. The largest absolute Gasteiger partial charge is 0.340 e. The van der Waals surface area contributed by atoms with E-state index in [0.29, 0.717) is 22.6 Å². The van der Waals surface area contributed by atoms with Gasteiger partial charge in [-0.25, -0.2) is 4.39 Å². The maximum absolute atomic E-state index is 14.7. The molecule has 2 aromatic rings. The Kier molecular flexibility index (Phi) is 4.43. The van der Waals surface area contributed by atoms with Crippen LogP contribution in [-0.2, 0) is 4.79 Å². The molecule has 0 aliphatic carbocycles. The number of benzene rings is 1. The van der Waals surface area contributed by atoms with Crippen LogP contribution in [0.3, 0.4) is 0 Å². The van der Waals surface area contributed by atoms with Crippen molar-refractivity contribution >= 4 is 17.7 Å². The molecule has 2 N–H and O–H groups in total. The van der Waals surface area contributed by atoms with Gasteiger partial charge >= 0.3 is 0 Å². The Labute approximate surface area is 156 Å². The lowest BCUT2D eigenvalue weighted by Gasteiger charge is -2.33. The Morgan fingerprint density at radius 3 is 2.67 bits per heavy atom. The number of anilines is 2. The van der Waals surface area contributed by atoms with Crippen molar-refractivity contribution in [3.05, 3.63) is 51.1 Å². The minimum absolute atomic E-state index is 0.0198. The van der Waals surface area contributed by atoms with Crippen LogP contribution < -0.4 is 15.8 Å². The van der Waals surface area contributed by atoms with E-state index in [1.807, 2.05) is 11.9 Å². The number of hydrogen-bond acceptors (Lipinski definition) is 5. The summed E-state index contributed by atoms with van der Waals surface area (Å²) in [6.45, 7) is 4.88. The van der Waals surface area contributed by atoms with E-state index in [0.717, 1.165) is 26.2 Å². The first-order valence-corrected chi connectivity index (χ1v) is 9.06. The molecule has 3 heterocycles. The summed E-state index contributed by atoms with van der Waals surface area (Å²) in [5, 5.41) is 2.69. The fraction of sp³-hybridized carbons (Fsp3) is 0.421. The van der Waals surface area contributed by atoms with E-state index in [4.69, 9.17) is 0 Å². The van der Waals surface area contributed by atoms with E-state index in [1.54, 1.807) is 25.1 Å². The Hall–Kier alpha value is -2.74. The predicted octanol–water partition coefficient (Wildman–Crippen LogP) is 1.44. The second kappa shape index (κ2) is 6.77. The number of carbonyl (C=O) groups excluding carboxylic acids is 1. The lowest BCUT2D eigenvalue weighted by molar-refractivity contribution is -0.116. The first-order valence-electron chi connectivity index (χ1n) is 9.06. The molecule has 0 spiro atoms. The highest BCUT2D eigenvalue weighted by Crippen LogP contribution is 2.36. The Morgan fingerprint density at radius 2 is 1.93 bits per heavy atom. The number of aromatic nitrogens is 2. The van der Waals surface area contributed by atoms with E-state index in [2.05, 4.69) is 20.2 Å². The number of fused-ring (bicyclic) bond motifs is 1. The van der Waals surface area contributed by atoms with Crippen LogP contribution in [-0.4, -0.2) is 54.0 Å². The van der Waals surface area contributed by atoms with E-state index in [9.17, 15) is 14.0 Å². The van der Waals surface area contributed by atoms with Crippen LogP contribution in [0.1, 0.15) is 29.0 Å². The number of carbonyl (C=O) groups is 1. The molecular weight excluding hydrogens is 349 g/mol. The molecular formula is C19H22FN5O2. The normalized spacial score (nSPS) is 20.3. The van der Waals surface area contributed by atoms with Crippen LogP contribution in [0.4, 0.5) is 16.2 Å². The molecule has 4 rings (SSSR count). The molecule has 1 saturated heterocycles. The number of H-pyrrole nitrogens is 1. The maximum atomic E-state index is 14.7. The van der Waals surface area contributed by atoms with E-state index in [-0.39, 0.29) is 29.5 Å². The van der Waals surface area contributed by atoms with Gasteiger partial charge in [0.05, 0.1) is 5.56 Å². The summed E-state index contributed by atoms with van der Waals surface area (Å²) in [5.41, 5.74) is 0.820. The zero-order chi connectivity index (χ0) is 19.1. The van der Waals surface area contributed by atoms with Crippen molar-refractivity contribution in [2.45, 2.75) is 19.3 Å². The number of hydrogen-bond donors (Lipinski definition) is 2. The third kappa shape index (κ3) is 3.21. The molecule has 142 valence electrons.